The molecule has 0 saturated heterocycles. The van der Waals surface area contributed by atoms with E-state index in [1.54, 1.807) is 0 Å². The second kappa shape index (κ2) is 6.01. The summed E-state index contributed by atoms with van der Waals surface area (Å²) in [7, 11) is 4.00. The number of nitrogens with zero attached hydrogens (tertiary/aromatic N) is 2. The quantitative estimate of drug-likeness (QED) is 0.811. The largest absolute Gasteiger partial charge is 0.356 e. The molecular formula is C15H25N3. The molecule has 1 aromatic rings. The number of likely N-dealkylation sites (N-methyl/N-ethyl adjacent to an activating group) is 1. The number of hydrogen-bond donors (Lipinski definition) is 1. The topological polar surface area (TPSA) is 28.2 Å². The van der Waals surface area contributed by atoms with Crippen molar-refractivity contribution in [3.8, 4) is 0 Å². The van der Waals surface area contributed by atoms with Gasteiger partial charge in [0.2, 0.25) is 0 Å². The number of rotatable bonds is 5. The smallest absolute Gasteiger partial charge is 0.129 e. The Hall–Kier alpha value is -1.35. The predicted octanol–water partition coefficient (Wildman–Crippen LogP) is 2.72. The Balaban J connectivity index is 3.17. The average molecular weight is 247 g/mol. The van der Waals surface area contributed by atoms with Crippen LogP contribution in [0.2, 0.25) is 0 Å². The lowest BCUT2D eigenvalue weighted by atomic mass is 9.90. The van der Waals surface area contributed by atoms with Crippen LogP contribution in [0.15, 0.2) is 24.8 Å². The number of aromatic nitrogens is 1. The first-order chi connectivity index (χ1) is 8.38. The molecule has 1 N–H and O–H groups in total. The SMILES string of the molecule is C=CCN(C)c1cc(CNC)cc(C(C)(C)C)n1. The van der Waals surface area contributed by atoms with E-state index >= 15 is 0 Å². The van der Waals surface area contributed by atoms with Crippen LogP contribution >= 0.6 is 0 Å². The van der Waals surface area contributed by atoms with Gasteiger partial charge in [0.25, 0.3) is 0 Å². The first-order valence-corrected chi connectivity index (χ1v) is 6.36. The van der Waals surface area contributed by atoms with Crippen LogP contribution in [-0.2, 0) is 12.0 Å². The summed E-state index contributed by atoms with van der Waals surface area (Å²) in [5.74, 6) is 1.01. The van der Waals surface area contributed by atoms with Gasteiger partial charge < -0.3 is 10.2 Å². The van der Waals surface area contributed by atoms with Gasteiger partial charge in [-0.3, -0.25) is 0 Å². The molecule has 0 aromatic carbocycles. The highest BCUT2D eigenvalue weighted by Crippen LogP contribution is 2.24. The van der Waals surface area contributed by atoms with Crippen molar-refractivity contribution in [2.45, 2.75) is 32.7 Å². The van der Waals surface area contributed by atoms with Crippen LogP contribution in [0.25, 0.3) is 0 Å². The molecule has 0 bridgehead atoms. The molecule has 100 valence electrons. The van der Waals surface area contributed by atoms with E-state index in [4.69, 9.17) is 4.98 Å². The van der Waals surface area contributed by atoms with Crippen molar-refractivity contribution in [1.82, 2.24) is 10.3 Å². The second-order valence-electron chi connectivity index (χ2n) is 5.67. The summed E-state index contributed by atoms with van der Waals surface area (Å²) in [6, 6.07) is 4.32. The molecule has 0 radical (unpaired) electrons. The second-order valence-corrected chi connectivity index (χ2v) is 5.67. The number of nitrogens with one attached hydrogen (secondary N) is 1. The maximum atomic E-state index is 4.76. The van der Waals surface area contributed by atoms with Crippen molar-refractivity contribution in [2.24, 2.45) is 0 Å². The van der Waals surface area contributed by atoms with Gasteiger partial charge in [-0.25, -0.2) is 4.98 Å². The molecule has 0 saturated carbocycles. The van der Waals surface area contributed by atoms with Gasteiger partial charge in [0.1, 0.15) is 5.82 Å². The van der Waals surface area contributed by atoms with E-state index in [1.165, 1.54) is 5.56 Å². The van der Waals surface area contributed by atoms with Crippen molar-refractivity contribution in [1.29, 1.82) is 0 Å². The molecule has 3 heteroatoms. The normalized spacial score (nSPS) is 11.4. The summed E-state index contributed by atoms with van der Waals surface area (Å²) in [4.78, 5) is 6.87. The Kier molecular flexibility index (Phi) is 4.91. The molecule has 18 heavy (non-hydrogen) atoms. The molecule has 1 rings (SSSR count). The molecule has 0 aliphatic heterocycles. The molecule has 3 nitrogen and oxygen atoms in total. The maximum absolute atomic E-state index is 4.76. The number of hydrogen-bond acceptors (Lipinski definition) is 3. The van der Waals surface area contributed by atoms with Crippen molar-refractivity contribution in [3.05, 3.63) is 36.0 Å². The molecule has 0 unspecified atom stereocenters. The summed E-state index contributed by atoms with van der Waals surface area (Å²) in [5.41, 5.74) is 2.46. The van der Waals surface area contributed by atoms with Gasteiger partial charge in [-0.05, 0) is 24.7 Å². The van der Waals surface area contributed by atoms with E-state index in [0.717, 1.165) is 24.6 Å². The molecule has 0 atom stereocenters. The molecule has 0 aliphatic rings. The van der Waals surface area contributed by atoms with Crippen molar-refractivity contribution in [2.75, 3.05) is 25.5 Å². The lowest BCUT2D eigenvalue weighted by Crippen LogP contribution is -2.22. The standard InChI is InChI=1S/C15H25N3/c1-7-8-18(6)14-10-12(11-16-5)9-13(17-14)15(2,3)4/h7,9-10,16H,1,8,11H2,2-6H3. The third-order valence-electron chi connectivity index (χ3n) is 2.81. The fourth-order valence-corrected chi connectivity index (χ4v) is 1.74. The van der Waals surface area contributed by atoms with E-state index in [0.29, 0.717) is 0 Å². The lowest BCUT2D eigenvalue weighted by molar-refractivity contribution is 0.566. The van der Waals surface area contributed by atoms with Crippen molar-refractivity contribution >= 4 is 5.82 Å². The van der Waals surface area contributed by atoms with E-state index in [1.807, 2.05) is 20.2 Å². The minimum atomic E-state index is 0.0630. The Morgan fingerprint density at radius 1 is 1.39 bits per heavy atom. The van der Waals surface area contributed by atoms with Crippen LogP contribution < -0.4 is 10.2 Å². The minimum Gasteiger partial charge on any atom is -0.356 e. The fraction of sp³-hybridized carbons (Fsp3) is 0.533. The van der Waals surface area contributed by atoms with Crippen molar-refractivity contribution in [3.63, 3.8) is 0 Å². The highest BCUT2D eigenvalue weighted by Gasteiger charge is 2.17. The van der Waals surface area contributed by atoms with E-state index in [2.05, 4.69) is 49.7 Å². The predicted molar refractivity (Wildman–Crippen MR) is 79.2 cm³/mol. The highest BCUT2D eigenvalue weighted by atomic mass is 15.2. The Morgan fingerprint density at radius 2 is 2.06 bits per heavy atom. The molecule has 1 heterocycles. The van der Waals surface area contributed by atoms with Gasteiger partial charge in [-0.1, -0.05) is 26.8 Å². The summed E-state index contributed by atoms with van der Waals surface area (Å²) >= 11 is 0. The first-order valence-electron chi connectivity index (χ1n) is 6.36. The van der Waals surface area contributed by atoms with E-state index < -0.39 is 0 Å². The van der Waals surface area contributed by atoms with Crippen LogP contribution in [-0.4, -0.2) is 25.6 Å². The van der Waals surface area contributed by atoms with Gasteiger partial charge in [-0.15, -0.1) is 6.58 Å². The lowest BCUT2D eigenvalue weighted by Gasteiger charge is -2.23. The fourth-order valence-electron chi connectivity index (χ4n) is 1.74. The zero-order chi connectivity index (χ0) is 13.8. The number of pyridine rings is 1. The third-order valence-corrected chi connectivity index (χ3v) is 2.81. The number of anilines is 1. The van der Waals surface area contributed by atoms with Gasteiger partial charge in [0.05, 0.1) is 0 Å². The highest BCUT2D eigenvalue weighted by molar-refractivity contribution is 5.43. The van der Waals surface area contributed by atoms with Crippen LogP contribution in [0.4, 0.5) is 5.82 Å². The average Bonchev–Trinajstić information content (AvgIpc) is 2.28. The van der Waals surface area contributed by atoms with Gasteiger partial charge in [0.15, 0.2) is 0 Å². The molecule has 0 amide bonds. The first kappa shape index (κ1) is 14.7. The van der Waals surface area contributed by atoms with Gasteiger partial charge in [0, 0.05) is 31.2 Å². The minimum absolute atomic E-state index is 0.0630. The van der Waals surface area contributed by atoms with Crippen LogP contribution in [0.5, 0.6) is 0 Å². The molecule has 0 fully saturated rings. The Bertz CT molecular complexity index is 405. The molecule has 0 aliphatic carbocycles. The summed E-state index contributed by atoms with van der Waals surface area (Å²) in [5, 5.41) is 3.19. The van der Waals surface area contributed by atoms with Gasteiger partial charge >= 0.3 is 0 Å². The Morgan fingerprint density at radius 3 is 2.56 bits per heavy atom. The molecule has 1 aromatic heterocycles. The van der Waals surface area contributed by atoms with Crippen molar-refractivity contribution < 1.29 is 0 Å². The summed E-state index contributed by atoms with van der Waals surface area (Å²) < 4.78 is 0. The van der Waals surface area contributed by atoms with Crippen LogP contribution in [0.3, 0.4) is 0 Å². The maximum Gasteiger partial charge on any atom is 0.129 e. The zero-order valence-corrected chi connectivity index (χ0v) is 12.2. The molecular weight excluding hydrogens is 222 g/mol. The monoisotopic (exact) mass is 247 g/mol. The summed E-state index contributed by atoms with van der Waals surface area (Å²) in [6.07, 6.45) is 1.89. The van der Waals surface area contributed by atoms with Crippen LogP contribution in [0, 0.1) is 0 Å². The van der Waals surface area contributed by atoms with E-state index in [9.17, 15) is 0 Å². The van der Waals surface area contributed by atoms with Gasteiger partial charge in [-0.2, -0.15) is 0 Å². The van der Waals surface area contributed by atoms with Crippen LogP contribution in [0.1, 0.15) is 32.0 Å². The zero-order valence-electron chi connectivity index (χ0n) is 12.2. The Labute approximate surface area is 111 Å². The third kappa shape index (κ3) is 3.84. The van der Waals surface area contributed by atoms with E-state index in [-0.39, 0.29) is 5.41 Å². The molecule has 0 spiro atoms. The summed E-state index contributed by atoms with van der Waals surface area (Å²) in [6.45, 7) is 12.0.